The molecule has 42 heavy (non-hydrogen) atoms. The Kier molecular flexibility index (Phi) is 8.33. The predicted molar refractivity (Wildman–Crippen MR) is 151 cm³/mol. The Bertz CT molecular complexity index is 1440. The molecule has 0 saturated carbocycles. The first-order valence-electron chi connectivity index (χ1n) is 13.6. The van der Waals surface area contributed by atoms with Crippen LogP contribution < -0.4 is 15.1 Å². The second-order valence-electron chi connectivity index (χ2n) is 10.8. The number of amides is 1. The van der Waals surface area contributed by atoms with Gasteiger partial charge in [0.1, 0.15) is 11.6 Å². The first kappa shape index (κ1) is 29.6. The number of likely N-dealkylation sites (N-methyl/N-ethyl adjacent to an activating group) is 2. The zero-order chi connectivity index (χ0) is 30.2. The number of hydrogen-bond acceptors (Lipinski definition) is 7. The SMILES string of the molecule is CC1CN(c2cc(F)c(-c3cnc(N4CCN(C)CC4)nc3)cc2NC(=O)c2ccc(F)cc2C(F)(F)F)CCN1C. The number of aromatic nitrogens is 2. The molecule has 0 radical (unpaired) electrons. The molecular formula is C29H32F5N7O. The first-order valence-corrected chi connectivity index (χ1v) is 13.6. The summed E-state index contributed by atoms with van der Waals surface area (Å²) < 4.78 is 70.4. The highest BCUT2D eigenvalue weighted by atomic mass is 19.4. The third-order valence-corrected chi connectivity index (χ3v) is 7.90. The fraction of sp³-hybridized carbons (Fsp3) is 0.414. The fourth-order valence-corrected chi connectivity index (χ4v) is 5.18. The van der Waals surface area contributed by atoms with Gasteiger partial charge >= 0.3 is 6.18 Å². The Labute approximate surface area is 240 Å². The van der Waals surface area contributed by atoms with Crippen LogP contribution in [0.25, 0.3) is 11.1 Å². The molecule has 1 unspecified atom stereocenters. The number of benzene rings is 2. The van der Waals surface area contributed by atoms with E-state index in [1.54, 1.807) is 0 Å². The molecule has 2 aliphatic rings. The molecule has 3 heterocycles. The van der Waals surface area contributed by atoms with Gasteiger partial charge in [-0.15, -0.1) is 0 Å². The average molecular weight is 590 g/mol. The van der Waals surface area contributed by atoms with E-state index in [1.165, 1.54) is 24.5 Å². The van der Waals surface area contributed by atoms with Gasteiger partial charge in [-0.25, -0.2) is 18.7 Å². The van der Waals surface area contributed by atoms with E-state index in [9.17, 15) is 22.4 Å². The van der Waals surface area contributed by atoms with Crippen LogP contribution in [0.15, 0.2) is 42.7 Å². The van der Waals surface area contributed by atoms with E-state index in [4.69, 9.17) is 0 Å². The summed E-state index contributed by atoms with van der Waals surface area (Å²) >= 11 is 0. The minimum absolute atomic E-state index is 0.0799. The van der Waals surface area contributed by atoms with Gasteiger partial charge in [-0.3, -0.25) is 4.79 Å². The van der Waals surface area contributed by atoms with Crippen molar-refractivity contribution in [3.05, 3.63) is 65.5 Å². The highest BCUT2D eigenvalue weighted by Gasteiger charge is 2.36. The molecule has 2 fully saturated rings. The van der Waals surface area contributed by atoms with Crippen LogP contribution in [0.3, 0.4) is 0 Å². The molecule has 1 N–H and O–H groups in total. The van der Waals surface area contributed by atoms with Crippen LogP contribution in [0.4, 0.5) is 39.3 Å². The standard InChI is InChI=1S/C29H32F5N7O/c1-18-17-41(11-8-39(18)3)26-14-24(31)22(19-15-35-28(36-16-19)40-9-6-38(2)7-10-40)13-25(26)37-27(42)21-5-4-20(30)12-23(21)29(32,33)34/h4-5,12-16,18H,6-11,17H2,1-3H3,(H,37,42). The van der Waals surface area contributed by atoms with Gasteiger partial charge in [0.05, 0.1) is 22.5 Å². The average Bonchev–Trinajstić information content (AvgIpc) is 2.95. The monoisotopic (exact) mass is 589 g/mol. The van der Waals surface area contributed by atoms with E-state index in [-0.39, 0.29) is 23.4 Å². The van der Waals surface area contributed by atoms with Crippen molar-refractivity contribution >= 4 is 23.2 Å². The lowest BCUT2D eigenvalue weighted by Crippen LogP contribution is -2.50. The Morgan fingerprint density at radius 2 is 1.60 bits per heavy atom. The van der Waals surface area contributed by atoms with Crippen LogP contribution in [0, 0.1) is 11.6 Å². The van der Waals surface area contributed by atoms with E-state index in [0.29, 0.717) is 36.8 Å². The number of rotatable bonds is 5. The van der Waals surface area contributed by atoms with E-state index in [0.717, 1.165) is 38.3 Å². The van der Waals surface area contributed by atoms with Crippen LogP contribution in [0.2, 0.25) is 0 Å². The number of halogens is 5. The molecule has 2 aliphatic heterocycles. The molecule has 2 saturated heterocycles. The first-order chi connectivity index (χ1) is 19.9. The van der Waals surface area contributed by atoms with Gasteiger partial charge in [0.2, 0.25) is 5.95 Å². The molecule has 1 aromatic heterocycles. The van der Waals surface area contributed by atoms with Gasteiger partial charge in [-0.1, -0.05) is 0 Å². The molecule has 1 atom stereocenters. The number of alkyl halides is 3. The number of carbonyl (C=O) groups excluding carboxylic acids is 1. The number of piperazine rings is 2. The largest absolute Gasteiger partial charge is 0.417 e. The minimum atomic E-state index is -4.96. The smallest absolute Gasteiger partial charge is 0.367 e. The van der Waals surface area contributed by atoms with Gasteiger partial charge in [0.25, 0.3) is 5.91 Å². The van der Waals surface area contributed by atoms with Gasteiger partial charge in [0, 0.05) is 75.4 Å². The summed E-state index contributed by atoms with van der Waals surface area (Å²) in [6, 6.07) is 4.63. The molecule has 0 spiro atoms. The highest BCUT2D eigenvalue weighted by molar-refractivity contribution is 6.07. The van der Waals surface area contributed by atoms with Crippen LogP contribution in [0.5, 0.6) is 0 Å². The lowest BCUT2D eigenvalue weighted by atomic mass is 10.0. The Morgan fingerprint density at radius 3 is 2.24 bits per heavy atom. The minimum Gasteiger partial charge on any atom is -0.367 e. The van der Waals surface area contributed by atoms with E-state index < -0.39 is 34.8 Å². The molecule has 13 heteroatoms. The Hall–Kier alpha value is -3.84. The number of hydrogen-bond donors (Lipinski definition) is 1. The van der Waals surface area contributed by atoms with Crippen molar-refractivity contribution in [3.63, 3.8) is 0 Å². The van der Waals surface area contributed by atoms with Crippen molar-refractivity contribution in [1.29, 1.82) is 0 Å². The summed E-state index contributed by atoms with van der Waals surface area (Å²) in [4.78, 5) is 30.3. The van der Waals surface area contributed by atoms with E-state index in [1.807, 2.05) is 30.8 Å². The van der Waals surface area contributed by atoms with Crippen molar-refractivity contribution in [3.8, 4) is 11.1 Å². The molecule has 0 bridgehead atoms. The Morgan fingerprint density at radius 1 is 0.929 bits per heavy atom. The molecule has 5 rings (SSSR count). The zero-order valence-electron chi connectivity index (χ0n) is 23.5. The summed E-state index contributed by atoms with van der Waals surface area (Å²) in [5, 5.41) is 2.55. The summed E-state index contributed by atoms with van der Waals surface area (Å²) in [6.45, 7) is 6.90. The topological polar surface area (TPSA) is 67.8 Å². The number of carbonyl (C=O) groups is 1. The molecule has 2 aromatic carbocycles. The van der Waals surface area contributed by atoms with Gasteiger partial charge in [0.15, 0.2) is 0 Å². The van der Waals surface area contributed by atoms with Crippen LogP contribution >= 0.6 is 0 Å². The highest BCUT2D eigenvalue weighted by Crippen LogP contribution is 2.37. The van der Waals surface area contributed by atoms with Gasteiger partial charge in [-0.2, -0.15) is 13.2 Å². The number of anilines is 3. The second-order valence-corrected chi connectivity index (χ2v) is 10.8. The van der Waals surface area contributed by atoms with Gasteiger partial charge in [-0.05, 0) is 51.4 Å². The van der Waals surface area contributed by atoms with Crippen LogP contribution in [-0.4, -0.2) is 91.6 Å². The normalized spacial score (nSPS) is 18.8. The van der Waals surface area contributed by atoms with Crippen LogP contribution in [0.1, 0.15) is 22.8 Å². The molecule has 8 nitrogen and oxygen atoms in total. The number of nitrogens with zero attached hydrogens (tertiary/aromatic N) is 6. The van der Waals surface area contributed by atoms with Crippen LogP contribution in [-0.2, 0) is 6.18 Å². The maximum absolute atomic E-state index is 15.7. The number of nitrogens with one attached hydrogen (secondary N) is 1. The zero-order valence-corrected chi connectivity index (χ0v) is 23.5. The fourth-order valence-electron chi connectivity index (χ4n) is 5.18. The van der Waals surface area contributed by atoms with Crippen molar-refractivity contribution < 1.29 is 26.7 Å². The Balaban J connectivity index is 1.51. The molecule has 0 aliphatic carbocycles. The van der Waals surface area contributed by atoms with E-state index >= 15 is 4.39 Å². The van der Waals surface area contributed by atoms with E-state index in [2.05, 4.69) is 25.1 Å². The molecular weight excluding hydrogens is 557 g/mol. The lowest BCUT2D eigenvalue weighted by Gasteiger charge is -2.39. The third kappa shape index (κ3) is 6.31. The summed E-state index contributed by atoms with van der Waals surface area (Å²) in [5.41, 5.74) is -1.27. The maximum Gasteiger partial charge on any atom is 0.417 e. The molecule has 224 valence electrons. The molecule has 3 aromatic rings. The van der Waals surface area contributed by atoms with Gasteiger partial charge < -0.3 is 24.9 Å². The summed E-state index contributed by atoms with van der Waals surface area (Å²) in [7, 11) is 4.00. The van der Waals surface area contributed by atoms with Crippen molar-refractivity contribution in [2.24, 2.45) is 0 Å². The summed E-state index contributed by atoms with van der Waals surface area (Å²) in [5.74, 6) is -2.29. The summed E-state index contributed by atoms with van der Waals surface area (Å²) in [6.07, 6.45) is -1.98. The lowest BCUT2D eigenvalue weighted by molar-refractivity contribution is -0.138. The molecule has 1 amide bonds. The van der Waals surface area contributed by atoms with Crippen molar-refractivity contribution in [2.45, 2.75) is 19.1 Å². The second kappa shape index (κ2) is 11.8. The quantitative estimate of drug-likeness (QED) is 0.437. The predicted octanol–water partition coefficient (Wildman–Crippen LogP) is 4.59. The van der Waals surface area contributed by atoms with Crippen molar-refractivity contribution in [1.82, 2.24) is 19.8 Å². The maximum atomic E-state index is 15.7. The third-order valence-electron chi connectivity index (χ3n) is 7.90. The van der Waals surface area contributed by atoms with Crippen molar-refractivity contribution in [2.75, 3.05) is 75.0 Å².